The van der Waals surface area contributed by atoms with E-state index in [2.05, 4.69) is 0 Å². The van der Waals surface area contributed by atoms with E-state index in [1.54, 1.807) is 42.5 Å². The van der Waals surface area contributed by atoms with Crippen LogP contribution in [0.3, 0.4) is 0 Å². The molecule has 1 heterocycles. The Morgan fingerprint density at radius 1 is 1.10 bits per heavy atom. The molecule has 0 saturated heterocycles. The average molecular weight is 322 g/mol. The molecule has 1 atom stereocenters. The first-order valence-electron chi connectivity index (χ1n) is 6.13. The summed E-state index contributed by atoms with van der Waals surface area (Å²) in [5.41, 5.74) is 1.07. The number of hydrogen-bond donors (Lipinski definition) is 0. The monoisotopic (exact) mass is 321 g/mol. The molecule has 0 aliphatic carbocycles. The summed E-state index contributed by atoms with van der Waals surface area (Å²) in [5, 5.41) is 11.9. The molecule has 21 heavy (non-hydrogen) atoms. The lowest BCUT2D eigenvalue weighted by Gasteiger charge is -2.23. The molecule has 1 aliphatic rings. The van der Waals surface area contributed by atoms with Crippen LogP contribution in [-0.2, 0) is 0 Å². The minimum absolute atomic E-state index is 0.0714. The van der Waals surface area contributed by atoms with Crippen LogP contribution in [0.1, 0.15) is 17.2 Å². The quantitative estimate of drug-likeness (QED) is 0.592. The van der Waals surface area contributed by atoms with E-state index in [1.807, 2.05) is 0 Å². The lowest BCUT2D eigenvalue weighted by atomic mass is 10.0. The van der Waals surface area contributed by atoms with E-state index >= 15 is 0 Å². The zero-order valence-electron chi connectivity index (χ0n) is 10.6. The summed E-state index contributed by atoms with van der Waals surface area (Å²) in [5.74, 6) is 0.573. The van der Waals surface area contributed by atoms with E-state index in [4.69, 9.17) is 27.9 Å². The Morgan fingerprint density at radius 3 is 2.62 bits per heavy atom. The van der Waals surface area contributed by atoms with E-state index in [1.165, 1.54) is 6.08 Å². The third-order valence-corrected chi connectivity index (χ3v) is 4.04. The summed E-state index contributed by atoms with van der Waals surface area (Å²) in [6.45, 7) is 0. The maximum absolute atomic E-state index is 11.3. The van der Waals surface area contributed by atoms with Gasteiger partial charge in [0, 0.05) is 17.2 Å². The van der Waals surface area contributed by atoms with Gasteiger partial charge < -0.3 is 4.74 Å². The highest BCUT2D eigenvalue weighted by Crippen LogP contribution is 2.41. The van der Waals surface area contributed by atoms with Gasteiger partial charge in [0.1, 0.15) is 5.75 Å². The molecule has 0 radical (unpaired) electrons. The van der Waals surface area contributed by atoms with Crippen molar-refractivity contribution < 1.29 is 9.66 Å². The lowest BCUT2D eigenvalue weighted by Crippen LogP contribution is -2.20. The van der Waals surface area contributed by atoms with Crippen molar-refractivity contribution >= 4 is 29.3 Å². The molecule has 6 heteroatoms. The van der Waals surface area contributed by atoms with E-state index in [0.717, 1.165) is 0 Å². The predicted octanol–water partition coefficient (Wildman–Crippen LogP) is 4.74. The van der Waals surface area contributed by atoms with Gasteiger partial charge in [0.15, 0.2) is 0 Å². The molecular weight excluding hydrogens is 313 g/mol. The maximum atomic E-state index is 11.3. The minimum Gasteiger partial charge on any atom is -0.474 e. The Kier molecular flexibility index (Phi) is 3.57. The van der Waals surface area contributed by atoms with Crippen molar-refractivity contribution in [1.82, 2.24) is 0 Å². The van der Waals surface area contributed by atoms with Crippen molar-refractivity contribution in [3.63, 3.8) is 0 Å². The smallest absolute Gasteiger partial charge is 0.291 e. The molecule has 0 bridgehead atoms. The Labute approximate surface area is 130 Å². The molecule has 1 unspecified atom stereocenters. The average Bonchev–Trinajstić information content (AvgIpc) is 2.48. The van der Waals surface area contributed by atoms with Crippen molar-refractivity contribution in [1.29, 1.82) is 0 Å². The van der Waals surface area contributed by atoms with Crippen LogP contribution < -0.4 is 4.74 Å². The fraction of sp³-hybridized carbons (Fsp3) is 0.0667. The van der Waals surface area contributed by atoms with E-state index in [-0.39, 0.29) is 10.7 Å². The van der Waals surface area contributed by atoms with Gasteiger partial charge in [-0.15, -0.1) is 0 Å². The van der Waals surface area contributed by atoms with Gasteiger partial charge in [-0.1, -0.05) is 53.5 Å². The normalized spacial score (nSPS) is 16.7. The largest absolute Gasteiger partial charge is 0.474 e. The van der Waals surface area contributed by atoms with Gasteiger partial charge in [-0.05, 0) is 12.1 Å². The topological polar surface area (TPSA) is 52.4 Å². The molecule has 0 fully saturated rings. The van der Waals surface area contributed by atoms with Crippen LogP contribution in [0.4, 0.5) is 0 Å². The van der Waals surface area contributed by atoms with Crippen LogP contribution in [0.15, 0.2) is 48.2 Å². The first-order chi connectivity index (χ1) is 10.1. The number of rotatable bonds is 2. The summed E-state index contributed by atoms with van der Waals surface area (Å²) in [7, 11) is 0. The molecular formula is C15H9Cl2NO3. The van der Waals surface area contributed by atoms with Crippen molar-refractivity contribution in [3.8, 4) is 5.75 Å². The van der Waals surface area contributed by atoms with Crippen molar-refractivity contribution in [3.05, 3.63) is 79.4 Å². The Hall–Kier alpha value is -2.04. The molecule has 0 N–H and O–H groups in total. The summed E-state index contributed by atoms with van der Waals surface area (Å²) >= 11 is 12.1. The highest BCUT2D eigenvalue weighted by Gasteiger charge is 2.34. The zero-order chi connectivity index (χ0) is 15.0. The third kappa shape index (κ3) is 2.48. The number of para-hydroxylation sites is 1. The second kappa shape index (κ2) is 5.39. The molecule has 2 aromatic rings. The number of nitro groups is 1. The Morgan fingerprint density at radius 2 is 1.86 bits per heavy atom. The molecule has 0 aromatic heterocycles. The van der Waals surface area contributed by atoms with Gasteiger partial charge in [0.2, 0.25) is 6.10 Å². The molecule has 0 saturated carbocycles. The van der Waals surface area contributed by atoms with Crippen LogP contribution in [0.5, 0.6) is 5.75 Å². The van der Waals surface area contributed by atoms with Gasteiger partial charge in [-0.25, -0.2) is 0 Å². The molecule has 0 spiro atoms. The lowest BCUT2D eigenvalue weighted by molar-refractivity contribution is -0.434. The van der Waals surface area contributed by atoms with E-state index in [9.17, 15) is 10.1 Å². The van der Waals surface area contributed by atoms with Crippen molar-refractivity contribution in [2.45, 2.75) is 6.10 Å². The maximum Gasteiger partial charge on any atom is 0.291 e. The molecule has 1 aliphatic heterocycles. The first-order valence-corrected chi connectivity index (χ1v) is 6.89. The van der Waals surface area contributed by atoms with Crippen LogP contribution in [-0.4, -0.2) is 4.92 Å². The molecule has 0 amide bonds. The summed E-state index contributed by atoms with van der Waals surface area (Å²) in [6, 6.07) is 12.1. The number of halogens is 2. The third-order valence-electron chi connectivity index (χ3n) is 3.21. The van der Waals surface area contributed by atoms with Crippen molar-refractivity contribution in [2.75, 3.05) is 0 Å². The van der Waals surface area contributed by atoms with Gasteiger partial charge in [-0.3, -0.25) is 10.1 Å². The van der Waals surface area contributed by atoms with Crippen LogP contribution in [0.25, 0.3) is 6.08 Å². The van der Waals surface area contributed by atoms with Gasteiger partial charge in [0.25, 0.3) is 5.70 Å². The number of ether oxygens (including phenoxy) is 1. The van der Waals surface area contributed by atoms with Crippen LogP contribution >= 0.6 is 23.2 Å². The highest BCUT2D eigenvalue weighted by molar-refractivity contribution is 6.42. The number of fused-ring (bicyclic) bond motifs is 1. The van der Waals surface area contributed by atoms with Crippen LogP contribution in [0, 0.1) is 10.1 Å². The van der Waals surface area contributed by atoms with Gasteiger partial charge >= 0.3 is 0 Å². The van der Waals surface area contributed by atoms with Crippen LogP contribution in [0.2, 0.25) is 10.0 Å². The zero-order valence-corrected chi connectivity index (χ0v) is 12.1. The van der Waals surface area contributed by atoms with Gasteiger partial charge in [0.05, 0.1) is 15.0 Å². The highest BCUT2D eigenvalue weighted by atomic mass is 35.5. The number of nitrogens with zero attached hydrogens (tertiary/aromatic N) is 1. The van der Waals surface area contributed by atoms with Gasteiger partial charge in [-0.2, -0.15) is 0 Å². The number of benzene rings is 2. The van der Waals surface area contributed by atoms with E-state index < -0.39 is 11.0 Å². The second-order valence-electron chi connectivity index (χ2n) is 4.51. The molecule has 2 aromatic carbocycles. The fourth-order valence-corrected chi connectivity index (χ4v) is 2.63. The summed E-state index contributed by atoms with van der Waals surface area (Å²) in [6.07, 6.45) is 0.613. The first kappa shape index (κ1) is 13.9. The molecule has 106 valence electrons. The fourth-order valence-electron chi connectivity index (χ4n) is 2.22. The predicted molar refractivity (Wildman–Crippen MR) is 81.2 cm³/mol. The SMILES string of the molecule is O=[N+]([O-])C1=Cc2ccccc2OC1c1cccc(Cl)c1Cl. The second-order valence-corrected chi connectivity index (χ2v) is 5.29. The van der Waals surface area contributed by atoms with Crippen molar-refractivity contribution in [2.24, 2.45) is 0 Å². The number of hydrogen-bond acceptors (Lipinski definition) is 3. The Bertz CT molecular complexity index is 758. The Balaban J connectivity index is 2.15. The minimum atomic E-state index is -0.888. The molecule has 4 nitrogen and oxygen atoms in total. The molecule has 3 rings (SSSR count). The summed E-state index contributed by atoms with van der Waals surface area (Å²) < 4.78 is 5.77. The standard InChI is InChI=1S/C15H9Cl2NO3/c16-11-6-3-5-10(14(11)17)15-12(18(19)20)8-9-4-1-2-7-13(9)21-15/h1-8,15H. The summed E-state index contributed by atoms with van der Waals surface area (Å²) in [4.78, 5) is 10.9. The van der Waals surface area contributed by atoms with E-state index in [0.29, 0.717) is 21.9 Å².